The van der Waals surface area contributed by atoms with E-state index < -0.39 is 7.60 Å². The van der Waals surface area contributed by atoms with Crippen LogP contribution < -0.4 is 5.30 Å². The van der Waals surface area contributed by atoms with Gasteiger partial charge in [0.25, 0.3) is 0 Å². The molecule has 1 rings (SSSR count). The molecule has 0 saturated carbocycles. The molecule has 92 valence electrons. The van der Waals surface area contributed by atoms with Crippen molar-refractivity contribution in [1.82, 2.24) is 0 Å². The second-order valence-electron chi connectivity index (χ2n) is 3.47. The fraction of sp³-hybridized carbons (Fsp3) is 0.417. The lowest BCUT2D eigenvalue weighted by Crippen LogP contribution is -2.14. The molecule has 0 amide bonds. The van der Waals surface area contributed by atoms with Crippen LogP contribution in [-0.4, -0.2) is 13.2 Å². The second kappa shape index (κ2) is 5.97. The van der Waals surface area contributed by atoms with Crippen LogP contribution in [0.25, 0.3) is 0 Å². The maximum Gasteiger partial charge on any atom is 0.362 e. The molecule has 0 heterocycles. The highest BCUT2D eigenvalue weighted by atomic mass is 31.2. The molecule has 1 aromatic carbocycles. The van der Waals surface area contributed by atoms with Crippen molar-refractivity contribution in [3.05, 3.63) is 29.3 Å². The number of rotatable bonds is 5. The Balaban J connectivity index is 3.29. The fourth-order valence-corrected chi connectivity index (χ4v) is 3.19. The van der Waals surface area contributed by atoms with Gasteiger partial charge in [0.15, 0.2) is 0 Å². The van der Waals surface area contributed by atoms with Crippen LogP contribution in [-0.2, 0) is 13.6 Å². The molecule has 17 heavy (non-hydrogen) atoms. The molecule has 0 aliphatic carbocycles. The quantitative estimate of drug-likeness (QED) is 0.757. The Hall–Kier alpha value is -1.14. The molecule has 0 atom stereocenters. The minimum Gasteiger partial charge on any atom is -0.305 e. The van der Waals surface area contributed by atoms with E-state index in [1.807, 2.05) is 13.0 Å². The summed E-state index contributed by atoms with van der Waals surface area (Å²) < 4.78 is 23.0. The Morgan fingerprint density at radius 1 is 1.29 bits per heavy atom. The van der Waals surface area contributed by atoms with Gasteiger partial charge in [-0.25, -0.2) is 0 Å². The summed E-state index contributed by atoms with van der Waals surface area (Å²) in [6.07, 6.45) is 0. The van der Waals surface area contributed by atoms with E-state index in [4.69, 9.17) is 14.3 Å². The summed E-state index contributed by atoms with van der Waals surface area (Å²) in [5.74, 6) is 0. The molecule has 0 unspecified atom stereocenters. The van der Waals surface area contributed by atoms with E-state index in [-0.39, 0.29) is 13.2 Å². The molecular formula is C12H16NO3P. The van der Waals surface area contributed by atoms with E-state index in [1.165, 1.54) is 0 Å². The van der Waals surface area contributed by atoms with Gasteiger partial charge in [-0.1, -0.05) is 6.07 Å². The van der Waals surface area contributed by atoms with Gasteiger partial charge in [-0.05, 0) is 38.5 Å². The molecule has 0 N–H and O–H groups in total. The van der Waals surface area contributed by atoms with Crippen molar-refractivity contribution in [2.75, 3.05) is 13.2 Å². The van der Waals surface area contributed by atoms with Crippen LogP contribution >= 0.6 is 7.60 Å². The van der Waals surface area contributed by atoms with Gasteiger partial charge in [0.05, 0.1) is 24.1 Å². The van der Waals surface area contributed by atoms with Crippen molar-refractivity contribution in [3.8, 4) is 6.07 Å². The Morgan fingerprint density at radius 3 is 2.35 bits per heavy atom. The molecular weight excluding hydrogens is 237 g/mol. The van der Waals surface area contributed by atoms with Crippen molar-refractivity contribution in [1.29, 1.82) is 5.26 Å². The summed E-state index contributed by atoms with van der Waals surface area (Å²) in [5.41, 5.74) is 1.28. The van der Waals surface area contributed by atoms with Crippen LogP contribution in [0.2, 0.25) is 0 Å². The van der Waals surface area contributed by atoms with Crippen molar-refractivity contribution < 1.29 is 13.6 Å². The van der Waals surface area contributed by atoms with Crippen LogP contribution in [0.5, 0.6) is 0 Å². The van der Waals surface area contributed by atoms with Gasteiger partial charge in [0, 0.05) is 0 Å². The van der Waals surface area contributed by atoms with Crippen LogP contribution in [0.3, 0.4) is 0 Å². The summed E-state index contributed by atoms with van der Waals surface area (Å²) >= 11 is 0. The normalized spacial score (nSPS) is 11.2. The number of nitriles is 1. The van der Waals surface area contributed by atoms with E-state index in [0.717, 1.165) is 5.56 Å². The van der Waals surface area contributed by atoms with Gasteiger partial charge in [0.2, 0.25) is 0 Å². The number of aryl methyl sites for hydroxylation is 1. The molecule has 0 aromatic heterocycles. The standard InChI is InChI=1S/C12H16NO3P/c1-4-15-17(14,16-5-2)12-7-6-10(3)8-11(12)9-13/h6-8H,4-5H2,1-3H3. The smallest absolute Gasteiger partial charge is 0.305 e. The van der Waals surface area contributed by atoms with Gasteiger partial charge in [-0.3, -0.25) is 4.57 Å². The number of hydrogen-bond acceptors (Lipinski definition) is 4. The first-order chi connectivity index (χ1) is 8.07. The minimum atomic E-state index is -3.37. The van der Waals surface area contributed by atoms with Crippen LogP contribution in [0.1, 0.15) is 25.0 Å². The third kappa shape index (κ3) is 3.17. The van der Waals surface area contributed by atoms with Crippen LogP contribution in [0.4, 0.5) is 0 Å². The van der Waals surface area contributed by atoms with Gasteiger partial charge in [0.1, 0.15) is 6.07 Å². The topological polar surface area (TPSA) is 59.3 Å². The second-order valence-corrected chi connectivity index (χ2v) is 5.46. The summed E-state index contributed by atoms with van der Waals surface area (Å²) in [7, 11) is -3.37. The molecule has 4 nitrogen and oxygen atoms in total. The first-order valence-corrected chi connectivity index (χ1v) is 7.02. The molecule has 0 spiro atoms. The summed E-state index contributed by atoms with van der Waals surface area (Å²) in [4.78, 5) is 0. The highest BCUT2D eigenvalue weighted by Crippen LogP contribution is 2.47. The Labute approximate surface area is 102 Å². The highest BCUT2D eigenvalue weighted by Gasteiger charge is 2.29. The van der Waals surface area contributed by atoms with E-state index in [2.05, 4.69) is 0 Å². The fourth-order valence-electron chi connectivity index (χ4n) is 1.49. The third-order valence-corrected chi connectivity index (χ3v) is 4.34. The lowest BCUT2D eigenvalue weighted by molar-refractivity contribution is 0.230. The molecule has 0 saturated heterocycles. The summed E-state index contributed by atoms with van der Waals surface area (Å²) in [6, 6.07) is 7.14. The highest BCUT2D eigenvalue weighted by molar-refractivity contribution is 7.62. The molecule has 0 radical (unpaired) electrons. The number of hydrogen-bond donors (Lipinski definition) is 0. The Bertz CT molecular complexity index is 469. The average molecular weight is 253 g/mol. The predicted molar refractivity (Wildman–Crippen MR) is 66.4 cm³/mol. The maximum atomic E-state index is 12.5. The lowest BCUT2D eigenvalue weighted by atomic mass is 10.2. The first-order valence-electron chi connectivity index (χ1n) is 5.47. The molecule has 0 aliphatic rings. The van der Waals surface area contributed by atoms with Gasteiger partial charge >= 0.3 is 7.60 Å². The van der Waals surface area contributed by atoms with E-state index in [1.54, 1.807) is 32.0 Å². The maximum absolute atomic E-state index is 12.5. The van der Waals surface area contributed by atoms with Crippen molar-refractivity contribution in [3.63, 3.8) is 0 Å². The van der Waals surface area contributed by atoms with Crippen LogP contribution in [0, 0.1) is 18.3 Å². The van der Waals surface area contributed by atoms with Gasteiger partial charge in [-0.15, -0.1) is 0 Å². The zero-order valence-electron chi connectivity index (χ0n) is 10.3. The Kier molecular flexibility index (Phi) is 4.89. The largest absolute Gasteiger partial charge is 0.362 e. The molecule has 0 bridgehead atoms. The van der Waals surface area contributed by atoms with Crippen LogP contribution in [0.15, 0.2) is 18.2 Å². The average Bonchev–Trinajstić information content (AvgIpc) is 2.29. The first kappa shape index (κ1) is 13.9. The summed E-state index contributed by atoms with van der Waals surface area (Å²) in [6.45, 7) is 5.90. The van der Waals surface area contributed by atoms with E-state index in [9.17, 15) is 4.57 Å². The number of nitrogens with zero attached hydrogens (tertiary/aromatic N) is 1. The number of benzene rings is 1. The predicted octanol–water partition coefficient (Wildman–Crippen LogP) is 2.76. The molecule has 0 fully saturated rings. The van der Waals surface area contributed by atoms with Gasteiger partial charge < -0.3 is 9.05 Å². The minimum absolute atomic E-state index is 0.274. The van der Waals surface area contributed by atoms with E-state index >= 15 is 0 Å². The Morgan fingerprint density at radius 2 is 1.88 bits per heavy atom. The SMILES string of the molecule is CCOP(=O)(OCC)c1ccc(C)cc1C#N. The summed E-state index contributed by atoms with van der Waals surface area (Å²) in [5, 5.41) is 9.40. The van der Waals surface area contributed by atoms with Gasteiger partial charge in [-0.2, -0.15) is 5.26 Å². The molecule has 1 aromatic rings. The zero-order chi connectivity index (χ0) is 12.9. The molecule has 0 aliphatic heterocycles. The lowest BCUT2D eigenvalue weighted by Gasteiger charge is -2.18. The van der Waals surface area contributed by atoms with Crippen molar-refractivity contribution in [2.24, 2.45) is 0 Å². The monoisotopic (exact) mass is 253 g/mol. The third-order valence-electron chi connectivity index (χ3n) is 2.17. The van der Waals surface area contributed by atoms with Crippen molar-refractivity contribution >= 4 is 12.9 Å². The zero-order valence-corrected chi connectivity index (χ0v) is 11.2. The van der Waals surface area contributed by atoms with Crippen molar-refractivity contribution in [2.45, 2.75) is 20.8 Å². The van der Waals surface area contributed by atoms with E-state index in [0.29, 0.717) is 10.9 Å². The molecule has 5 heteroatoms.